The van der Waals surface area contributed by atoms with Crippen molar-refractivity contribution in [3.05, 3.63) is 161 Å². The molecule has 1 amide bonds. The third-order valence-corrected chi connectivity index (χ3v) is 10.1. The van der Waals surface area contributed by atoms with E-state index in [2.05, 4.69) is 57.0 Å². The third kappa shape index (κ3) is 5.77. The number of anilines is 1. The number of nitrogens with one attached hydrogen (secondary N) is 1. The van der Waals surface area contributed by atoms with E-state index in [0.29, 0.717) is 38.6 Å². The highest BCUT2D eigenvalue weighted by atomic mass is 79.9. The van der Waals surface area contributed by atoms with Gasteiger partial charge >= 0.3 is 0 Å². The van der Waals surface area contributed by atoms with Gasteiger partial charge in [-0.05, 0) is 73.5 Å². The monoisotopic (exact) mass is 702 g/mol. The molecule has 234 valence electrons. The molecule has 9 heteroatoms. The predicted molar refractivity (Wildman–Crippen MR) is 192 cm³/mol. The summed E-state index contributed by atoms with van der Waals surface area (Å²) in [6.07, 6.45) is 1.98. The van der Waals surface area contributed by atoms with Gasteiger partial charge in [-0.15, -0.1) is 0 Å². The van der Waals surface area contributed by atoms with Crippen molar-refractivity contribution >= 4 is 55.8 Å². The Morgan fingerprint density at radius 2 is 1.66 bits per heavy atom. The number of halogens is 1. The van der Waals surface area contributed by atoms with E-state index >= 15 is 0 Å². The molecule has 0 radical (unpaired) electrons. The molecular formula is C38H31BrN4O3S. The lowest BCUT2D eigenvalue weighted by Gasteiger charge is -2.25. The van der Waals surface area contributed by atoms with Crippen molar-refractivity contribution < 1.29 is 9.53 Å². The summed E-state index contributed by atoms with van der Waals surface area (Å²) >= 11 is 4.87. The molecule has 0 bridgehead atoms. The van der Waals surface area contributed by atoms with E-state index in [-0.39, 0.29) is 11.5 Å². The number of rotatable bonds is 7. The molecule has 6 aromatic rings. The molecule has 1 N–H and O–H groups in total. The number of hydrogen-bond donors (Lipinski definition) is 1. The summed E-state index contributed by atoms with van der Waals surface area (Å²) in [5.41, 5.74) is 6.56. The molecule has 0 saturated carbocycles. The van der Waals surface area contributed by atoms with Crippen molar-refractivity contribution in [3.63, 3.8) is 0 Å². The van der Waals surface area contributed by atoms with Gasteiger partial charge in [0.05, 0.1) is 29.0 Å². The maximum Gasteiger partial charge on any atom is 0.271 e. The van der Waals surface area contributed by atoms with E-state index in [1.807, 2.05) is 91.9 Å². The molecule has 4 aromatic carbocycles. The molecule has 0 fully saturated rings. The van der Waals surface area contributed by atoms with Crippen LogP contribution in [0.5, 0.6) is 5.75 Å². The Hall–Kier alpha value is -4.99. The second-order valence-electron chi connectivity index (χ2n) is 11.4. The number of methoxy groups -OCH3 is 1. The molecule has 47 heavy (non-hydrogen) atoms. The predicted octanol–water partition coefficient (Wildman–Crippen LogP) is 6.96. The number of ether oxygens (including phenoxy) is 1. The lowest BCUT2D eigenvalue weighted by molar-refractivity contribution is -0.113. The zero-order valence-corrected chi connectivity index (χ0v) is 28.4. The summed E-state index contributed by atoms with van der Waals surface area (Å²) in [6.45, 7) is 4.62. The molecule has 1 unspecified atom stereocenters. The quantitative estimate of drug-likeness (QED) is 0.196. The zero-order chi connectivity index (χ0) is 32.7. The normalized spacial score (nSPS) is 14.6. The number of carbonyl (C=O) groups excluding carboxylic acids is 1. The fourth-order valence-electron chi connectivity index (χ4n) is 6.18. The number of hydrogen-bond acceptors (Lipinski definition) is 5. The summed E-state index contributed by atoms with van der Waals surface area (Å²) in [4.78, 5) is 33.7. The first kappa shape index (κ1) is 30.7. The smallest absolute Gasteiger partial charge is 0.271 e. The Morgan fingerprint density at radius 3 is 2.38 bits per heavy atom. The van der Waals surface area contributed by atoms with Crippen molar-refractivity contribution in [2.45, 2.75) is 26.4 Å². The first-order chi connectivity index (χ1) is 22.8. The van der Waals surface area contributed by atoms with Gasteiger partial charge in [0.1, 0.15) is 5.75 Å². The van der Waals surface area contributed by atoms with E-state index in [4.69, 9.17) is 9.73 Å². The number of para-hydroxylation sites is 2. The third-order valence-electron chi connectivity index (χ3n) is 8.54. The maximum absolute atomic E-state index is 14.4. The standard InChI is InChI=1S/C38H31BrN4O3S/c1-23-34(36(44)41-28-9-5-4-6-10-28)35(26-15-19-29(46-3)20-16-26)43-37(45)33(47-38(43)40-23)21-31-24(2)42(32-12-8-7-11-30(31)32)22-25-13-17-27(39)18-14-25/h4-21,35H,22H2,1-3H3,(H,41,44)/b33-21-. The molecule has 2 aromatic heterocycles. The van der Waals surface area contributed by atoms with Gasteiger partial charge in [-0.3, -0.25) is 14.2 Å². The highest BCUT2D eigenvalue weighted by Crippen LogP contribution is 2.32. The van der Waals surface area contributed by atoms with Crippen LogP contribution < -0.4 is 24.9 Å². The lowest BCUT2D eigenvalue weighted by Crippen LogP contribution is -2.40. The minimum absolute atomic E-state index is 0.198. The van der Waals surface area contributed by atoms with Gasteiger partial charge < -0.3 is 14.6 Å². The van der Waals surface area contributed by atoms with E-state index < -0.39 is 6.04 Å². The summed E-state index contributed by atoms with van der Waals surface area (Å²) in [5.74, 6) is 0.381. The fraction of sp³-hybridized carbons (Fsp3) is 0.132. The minimum Gasteiger partial charge on any atom is -0.497 e. The summed E-state index contributed by atoms with van der Waals surface area (Å²) in [5, 5.41) is 4.08. The largest absolute Gasteiger partial charge is 0.497 e. The minimum atomic E-state index is -0.678. The number of amides is 1. The van der Waals surface area contributed by atoms with E-state index in [1.165, 1.54) is 16.9 Å². The fourth-order valence-corrected chi connectivity index (χ4v) is 7.47. The molecule has 0 saturated heterocycles. The molecule has 0 aliphatic carbocycles. The second-order valence-corrected chi connectivity index (χ2v) is 13.3. The zero-order valence-electron chi connectivity index (χ0n) is 26.0. The number of thiazole rings is 1. The van der Waals surface area contributed by atoms with Gasteiger partial charge in [-0.1, -0.05) is 87.9 Å². The summed E-state index contributed by atoms with van der Waals surface area (Å²) in [7, 11) is 1.61. The van der Waals surface area contributed by atoms with Gasteiger partial charge in [0.15, 0.2) is 4.80 Å². The van der Waals surface area contributed by atoms with Crippen LogP contribution >= 0.6 is 27.3 Å². The highest BCUT2D eigenvalue weighted by Gasteiger charge is 2.32. The number of allylic oxidation sites excluding steroid dienone is 1. The molecule has 0 spiro atoms. The summed E-state index contributed by atoms with van der Waals surface area (Å²) < 4.78 is 10.9. The van der Waals surface area contributed by atoms with Crippen molar-refractivity contribution in [2.24, 2.45) is 4.99 Å². The molecule has 1 aliphatic heterocycles. The van der Waals surface area contributed by atoms with Crippen molar-refractivity contribution in [1.82, 2.24) is 9.13 Å². The van der Waals surface area contributed by atoms with E-state index in [1.54, 1.807) is 11.7 Å². The van der Waals surface area contributed by atoms with Crippen molar-refractivity contribution in [2.75, 3.05) is 12.4 Å². The number of fused-ring (bicyclic) bond motifs is 2. The molecule has 7 rings (SSSR count). The average Bonchev–Trinajstić information content (AvgIpc) is 3.53. The van der Waals surface area contributed by atoms with Crippen LogP contribution in [0, 0.1) is 6.92 Å². The van der Waals surface area contributed by atoms with Crippen LogP contribution in [0.2, 0.25) is 0 Å². The van der Waals surface area contributed by atoms with Gasteiger partial charge in [-0.2, -0.15) is 0 Å². The summed E-state index contributed by atoms with van der Waals surface area (Å²) in [6, 6.07) is 32.7. The average molecular weight is 704 g/mol. The van der Waals surface area contributed by atoms with Gasteiger partial charge in [0.25, 0.3) is 11.5 Å². The van der Waals surface area contributed by atoms with E-state index in [9.17, 15) is 9.59 Å². The van der Waals surface area contributed by atoms with Crippen LogP contribution in [-0.2, 0) is 11.3 Å². The van der Waals surface area contributed by atoms with Gasteiger partial charge in [0, 0.05) is 38.9 Å². The van der Waals surface area contributed by atoms with Gasteiger partial charge in [-0.25, -0.2) is 4.99 Å². The molecule has 7 nitrogen and oxygen atoms in total. The Kier molecular flexibility index (Phi) is 8.26. The molecule has 1 aliphatic rings. The number of carbonyl (C=O) groups is 1. The van der Waals surface area contributed by atoms with Crippen molar-refractivity contribution in [1.29, 1.82) is 0 Å². The van der Waals surface area contributed by atoms with Crippen LogP contribution in [0.1, 0.15) is 35.3 Å². The molecule has 3 heterocycles. The molecular weight excluding hydrogens is 672 g/mol. The SMILES string of the molecule is COc1ccc(C2C(C(=O)Nc3ccccc3)=C(C)N=c3s/c(=C\c4c(C)n(Cc5ccc(Br)cc5)c5ccccc45)c(=O)n32)cc1. The first-order valence-corrected chi connectivity index (χ1v) is 16.8. The Morgan fingerprint density at radius 1 is 0.957 bits per heavy atom. The Bertz CT molecular complexity index is 2350. The highest BCUT2D eigenvalue weighted by molar-refractivity contribution is 9.10. The number of benzene rings is 4. The number of nitrogens with zero attached hydrogens (tertiary/aromatic N) is 3. The van der Waals surface area contributed by atoms with E-state index in [0.717, 1.165) is 32.2 Å². The van der Waals surface area contributed by atoms with Gasteiger partial charge in [0.2, 0.25) is 0 Å². The van der Waals surface area contributed by atoms with Crippen molar-refractivity contribution in [3.8, 4) is 5.75 Å². The maximum atomic E-state index is 14.4. The topological polar surface area (TPSA) is 77.6 Å². The van der Waals surface area contributed by atoms with Crippen LogP contribution in [0.3, 0.4) is 0 Å². The van der Waals surface area contributed by atoms with Crippen LogP contribution in [-0.4, -0.2) is 22.2 Å². The number of aromatic nitrogens is 2. The van der Waals surface area contributed by atoms with Crippen LogP contribution in [0.4, 0.5) is 5.69 Å². The molecule has 1 atom stereocenters. The second kappa shape index (κ2) is 12.7. The Labute approximate surface area is 283 Å². The first-order valence-electron chi connectivity index (χ1n) is 15.2. The Balaban J connectivity index is 1.38. The lowest BCUT2D eigenvalue weighted by atomic mass is 9.95. The van der Waals surface area contributed by atoms with Crippen LogP contribution in [0.15, 0.2) is 129 Å². The van der Waals surface area contributed by atoms with Crippen LogP contribution in [0.25, 0.3) is 17.0 Å².